The number of rotatable bonds is 19. The van der Waals surface area contributed by atoms with Crippen LogP contribution in [0.5, 0.6) is 0 Å². The number of fused-ring (bicyclic) bond motifs is 1. The minimum Gasteiger partial charge on any atom is -0.356 e. The molecule has 3 aromatic carbocycles. The Labute approximate surface area is 361 Å². The lowest BCUT2D eigenvalue weighted by atomic mass is 9.98. The van der Waals surface area contributed by atoms with Gasteiger partial charge in [0.15, 0.2) is 0 Å². The summed E-state index contributed by atoms with van der Waals surface area (Å²) in [6, 6.07) is 26.4. The van der Waals surface area contributed by atoms with Crippen LogP contribution in [0.25, 0.3) is 22.3 Å². The summed E-state index contributed by atoms with van der Waals surface area (Å²) < 4.78 is 0. The van der Waals surface area contributed by atoms with Gasteiger partial charge in [-0.15, -0.1) is 0 Å². The highest BCUT2D eigenvalue weighted by Gasteiger charge is 2.43. The monoisotopic (exact) mass is 848 g/mol. The van der Waals surface area contributed by atoms with Gasteiger partial charge in [0.2, 0.25) is 35.6 Å². The molecule has 7 N–H and O–H groups in total. The molecular weight excluding hydrogens is 793 g/mol. The smallest absolute Gasteiger partial charge is 0.315 e. The van der Waals surface area contributed by atoms with Gasteiger partial charge < -0.3 is 42.1 Å². The Kier molecular flexibility index (Phi) is 14.9. The van der Waals surface area contributed by atoms with Gasteiger partial charge in [0.25, 0.3) is 0 Å². The van der Waals surface area contributed by atoms with Crippen LogP contribution in [-0.2, 0) is 14.4 Å². The van der Waals surface area contributed by atoms with Crippen LogP contribution in [0, 0.1) is 0 Å². The summed E-state index contributed by atoms with van der Waals surface area (Å²) in [6.45, 7) is 9.44. The second-order valence-corrected chi connectivity index (χ2v) is 17.0. The Hall–Kier alpha value is -5.94. The van der Waals surface area contributed by atoms with Crippen molar-refractivity contribution in [1.29, 1.82) is 0 Å². The van der Waals surface area contributed by atoms with Gasteiger partial charge in [0, 0.05) is 94.4 Å². The fourth-order valence-electron chi connectivity index (χ4n) is 7.65. The first kappa shape index (κ1) is 43.2. The highest BCUT2D eigenvalue weighted by atomic mass is 32.2. The molecule has 0 aliphatic carbocycles. The van der Waals surface area contributed by atoms with Gasteiger partial charge in [-0.25, -0.2) is 4.79 Å². The summed E-state index contributed by atoms with van der Waals surface area (Å²) in [4.78, 5) is 68.8. The Morgan fingerprint density at radius 2 is 1.34 bits per heavy atom. The maximum Gasteiger partial charge on any atom is 0.315 e. The molecule has 3 saturated heterocycles. The Bertz CT molecular complexity index is 2060. The normalized spacial score (nSPS) is 18.5. The molecule has 0 radical (unpaired) electrons. The van der Waals surface area contributed by atoms with Crippen molar-refractivity contribution in [3.05, 3.63) is 78.9 Å². The minimum atomic E-state index is -0.244. The van der Waals surface area contributed by atoms with E-state index in [1.165, 1.54) is 0 Å². The Morgan fingerprint density at radius 1 is 0.721 bits per heavy atom. The van der Waals surface area contributed by atoms with Crippen LogP contribution in [0.1, 0.15) is 39.5 Å². The highest BCUT2D eigenvalue weighted by molar-refractivity contribution is 8.00. The summed E-state index contributed by atoms with van der Waals surface area (Å²) in [5.74, 6) is 1.66. The Morgan fingerprint density at radius 3 is 2.00 bits per heavy atom. The van der Waals surface area contributed by atoms with Crippen molar-refractivity contribution in [3.63, 3.8) is 0 Å². The van der Waals surface area contributed by atoms with Crippen molar-refractivity contribution >= 4 is 59.0 Å². The zero-order valence-electron chi connectivity index (χ0n) is 34.8. The van der Waals surface area contributed by atoms with E-state index in [1.807, 2.05) is 72.8 Å². The molecule has 0 saturated carbocycles. The molecule has 1 aromatic heterocycles. The van der Waals surface area contributed by atoms with Gasteiger partial charge in [-0.05, 0) is 60.7 Å². The molecule has 3 atom stereocenters. The van der Waals surface area contributed by atoms with Gasteiger partial charge in [0.05, 0.1) is 12.1 Å². The van der Waals surface area contributed by atoms with Crippen LogP contribution in [0.3, 0.4) is 0 Å². The molecule has 4 heterocycles. The minimum absolute atomic E-state index is 0.0150. The van der Waals surface area contributed by atoms with Crippen molar-refractivity contribution in [2.45, 2.75) is 62.9 Å². The maximum absolute atomic E-state index is 13.0. The molecule has 0 spiro atoms. The summed E-state index contributed by atoms with van der Waals surface area (Å²) >= 11 is 1.71. The quantitative estimate of drug-likeness (QED) is 0.0527. The van der Waals surface area contributed by atoms with Crippen LogP contribution >= 0.6 is 11.8 Å². The van der Waals surface area contributed by atoms with Crippen molar-refractivity contribution in [3.8, 4) is 22.3 Å². The van der Waals surface area contributed by atoms with E-state index in [0.717, 1.165) is 54.2 Å². The number of carbonyl (C=O) groups is 4. The first-order valence-corrected chi connectivity index (χ1v) is 22.2. The summed E-state index contributed by atoms with van der Waals surface area (Å²) in [6.07, 6.45) is 1.09. The van der Waals surface area contributed by atoms with Crippen LogP contribution in [0.2, 0.25) is 0 Å². The fourth-order valence-corrected chi connectivity index (χ4v) is 9.13. The van der Waals surface area contributed by atoms with Gasteiger partial charge in [-0.2, -0.15) is 26.7 Å². The van der Waals surface area contributed by atoms with Gasteiger partial charge in [-0.1, -0.05) is 60.7 Å². The van der Waals surface area contributed by atoms with Crippen molar-refractivity contribution in [1.82, 2.24) is 41.1 Å². The molecule has 3 aliphatic heterocycles. The number of hydrogen-bond donors (Lipinski definition) is 7. The number of anilines is 4. The van der Waals surface area contributed by atoms with E-state index in [0.29, 0.717) is 68.6 Å². The second-order valence-electron chi connectivity index (χ2n) is 15.7. The fraction of sp³-hybridized carbons (Fsp3) is 0.432. The van der Waals surface area contributed by atoms with E-state index in [9.17, 15) is 19.2 Å². The highest BCUT2D eigenvalue weighted by Crippen LogP contribution is 2.32. The molecule has 322 valence electrons. The zero-order valence-corrected chi connectivity index (χ0v) is 35.6. The number of benzene rings is 3. The first-order chi connectivity index (χ1) is 29.7. The van der Waals surface area contributed by atoms with Crippen LogP contribution in [-0.4, -0.2) is 125 Å². The number of urea groups is 1. The first-order valence-electron chi connectivity index (χ1n) is 21.2. The third kappa shape index (κ3) is 12.3. The van der Waals surface area contributed by atoms with Gasteiger partial charge in [-0.3, -0.25) is 19.3 Å². The van der Waals surface area contributed by atoms with Crippen LogP contribution in [0.15, 0.2) is 78.9 Å². The molecule has 61 heavy (non-hydrogen) atoms. The number of piperazine rings is 1. The lowest BCUT2D eigenvalue weighted by molar-refractivity contribution is -0.124. The SMILES string of the molecule is CC(C)N1CCN(c2nc(NCCCNC(=O)C[C@@H]3SCC4NC(=O)NC43)nc(NCCNC(=O)CCC(=O)Nc3cc(-c4ccccc4)cc(-c4ccccc4)c3)n2)CC1. The van der Waals surface area contributed by atoms with E-state index in [-0.39, 0.29) is 53.9 Å². The molecule has 4 aromatic rings. The third-order valence-corrected chi connectivity index (χ3v) is 12.4. The lowest BCUT2D eigenvalue weighted by Gasteiger charge is -2.36. The zero-order chi connectivity index (χ0) is 42.6. The van der Waals surface area contributed by atoms with Gasteiger partial charge >= 0.3 is 6.03 Å². The summed E-state index contributed by atoms with van der Waals surface area (Å²) in [5, 5.41) is 21.3. The molecule has 5 amide bonds. The van der Waals surface area contributed by atoms with Crippen molar-refractivity contribution in [2.75, 3.05) is 79.0 Å². The lowest BCUT2D eigenvalue weighted by Crippen LogP contribution is -2.49. The van der Waals surface area contributed by atoms with E-state index >= 15 is 0 Å². The number of nitrogens with one attached hydrogen (secondary N) is 7. The van der Waals surface area contributed by atoms with E-state index in [2.05, 4.69) is 71.9 Å². The molecule has 3 aliphatic rings. The number of hydrogen-bond acceptors (Lipinski definition) is 12. The van der Waals surface area contributed by atoms with Gasteiger partial charge in [0.1, 0.15) is 0 Å². The molecule has 7 rings (SSSR count). The number of amides is 5. The standard InChI is InChI=1S/C44H56N12O4S/c1-29(2)55-20-22-56(23-21-55)43-53-41(47-17-9-16-45-39(59)27-36-40-35(28-61-36)50-44(60)51-40)52-42(54-43)48-19-18-46-37(57)14-15-38(58)49-34-25-32(30-10-5-3-6-11-30)24-33(26-34)31-12-7-4-8-13-31/h3-8,10-13,24-26,29,35-36,40H,9,14-23,27-28H2,1-2H3,(H,45,59)(H,46,57)(H,49,58)(H2,50,51,60)(H2,47,48,52,53,54)/t35?,36-,40?/m0/s1. The Balaban J connectivity index is 0.869. The average molecular weight is 849 g/mol. The van der Waals surface area contributed by atoms with Crippen molar-refractivity contribution < 1.29 is 19.2 Å². The van der Waals surface area contributed by atoms with Crippen LogP contribution < -0.4 is 42.1 Å². The third-order valence-electron chi connectivity index (χ3n) is 11.0. The topological polar surface area (TPSA) is 198 Å². The molecule has 0 bridgehead atoms. The predicted molar refractivity (Wildman–Crippen MR) is 242 cm³/mol. The number of nitrogens with zero attached hydrogens (tertiary/aromatic N) is 5. The largest absolute Gasteiger partial charge is 0.356 e. The van der Waals surface area contributed by atoms with E-state index in [4.69, 9.17) is 9.97 Å². The molecular formula is C44H56N12O4S. The number of aromatic nitrogens is 3. The number of carbonyl (C=O) groups excluding carboxylic acids is 4. The molecule has 2 unspecified atom stereocenters. The summed E-state index contributed by atoms with van der Waals surface area (Å²) in [7, 11) is 0. The average Bonchev–Trinajstić information content (AvgIpc) is 3.83. The van der Waals surface area contributed by atoms with E-state index < -0.39 is 0 Å². The molecule has 16 nitrogen and oxygen atoms in total. The van der Waals surface area contributed by atoms with Crippen LogP contribution in [0.4, 0.5) is 28.3 Å². The molecule has 17 heteroatoms. The molecule has 3 fully saturated rings. The maximum atomic E-state index is 13.0. The second kappa shape index (κ2) is 21.0. The predicted octanol–water partition coefficient (Wildman–Crippen LogP) is 4.16. The summed E-state index contributed by atoms with van der Waals surface area (Å²) in [5.41, 5.74) is 4.72. The number of thioether (sulfide) groups is 1. The van der Waals surface area contributed by atoms with Crippen molar-refractivity contribution in [2.24, 2.45) is 0 Å². The van der Waals surface area contributed by atoms with E-state index in [1.54, 1.807) is 11.8 Å².